The van der Waals surface area contributed by atoms with Crippen LogP contribution in [0.3, 0.4) is 0 Å². The second-order valence-corrected chi connectivity index (χ2v) is 7.00. The molecule has 22 heavy (non-hydrogen) atoms. The molecule has 0 saturated carbocycles. The molecule has 0 radical (unpaired) electrons. The number of morpholine rings is 1. The fraction of sp³-hybridized carbons (Fsp3) is 0.467. The summed E-state index contributed by atoms with van der Waals surface area (Å²) in [6.07, 6.45) is -0.110. The monoisotopic (exact) mass is 337 g/mol. The topological polar surface area (TPSA) is 54.5 Å². The standard InChI is InChI=1S/C15H19N3O2S2/c1-10-7-21-9-12(10)5-16-15(19)18-3-4-20-13(6-18)14-17-11(2)8-22-14/h7-9,13H,3-6H2,1-2H3,(H,16,19)/t13-/m0/s1. The van der Waals surface area contributed by atoms with E-state index in [9.17, 15) is 4.79 Å². The van der Waals surface area contributed by atoms with E-state index in [0.29, 0.717) is 26.2 Å². The Hall–Kier alpha value is -1.44. The predicted molar refractivity (Wildman–Crippen MR) is 88.4 cm³/mol. The number of carbonyl (C=O) groups excluding carboxylic acids is 1. The molecule has 3 rings (SSSR count). The third-order valence-electron chi connectivity index (χ3n) is 3.66. The van der Waals surface area contributed by atoms with Crippen LogP contribution in [0.2, 0.25) is 0 Å². The smallest absolute Gasteiger partial charge is 0.317 e. The lowest BCUT2D eigenvalue weighted by molar-refractivity contribution is -0.0156. The van der Waals surface area contributed by atoms with Gasteiger partial charge in [0.2, 0.25) is 0 Å². The molecule has 1 N–H and O–H groups in total. The molecule has 1 saturated heterocycles. The van der Waals surface area contributed by atoms with Crippen molar-refractivity contribution < 1.29 is 9.53 Å². The molecule has 5 nitrogen and oxygen atoms in total. The SMILES string of the molecule is Cc1csc([C@@H]2CN(C(=O)NCc3cscc3C)CCO2)n1. The van der Waals surface area contributed by atoms with Crippen molar-refractivity contribution in [3.05, 3.63) is 38.0 Å². The number of thiophene rings is 1. The van der Waals surface area contributed by atoms with E-state index >= 15 is 0 Å². The maximum Gasteiger partial charge on any atom is 0.317 e. The first kappa shape index (κ1) is 15.5. The minimum atomic E-state index is -0.110. The van der Waals surface area contributed by atoms with Gasteiger partial charge in [0, 0.05) is 24.2 Å². The summed E-state index contributed by atoms with van der Waals surface area (Å²) in [6, 6.07) is -0.0350. The fourth-order valence-corrected chi connectivity index (χ4v) is 4.05. The van der Waals surface area contributed by atoms with Crippen molar-refractivity contribution >= 4 is 28.7 Å². The van der Waals surface area contributed by atoms with Crippen LogP contribution in [0.25, 0.3) is 0 Å². The number of thiazole rings is 1. The van der Waals surface area contributed by atoms with Crippen LogP contribution in [0.5, 0.6) is 0 Å². The summed E-state index contributed by atoms with van der Waals surface area (Å²) < 4.78 is 5.76. The Morgan fingerprint density at radius 2 is 2.32 bits per heavy atom. The van der Waals surface area contributed by atoms with E-state index in [0.717, 1.165) is 10.7 Å². The summed E-state index contributed by atoms with van der Waals surface area (Å²) in [4.78, 5) is 18.6. The highest BCUT2D eigenvalue weighted by atomic mass is 32.1. The van der Waals surface area contributed by atoms with Crippen LogP contribution in [0.15, 0.2) is 16.1 Å². The number of amides is 2. The molecule has 3 heterocycles. The lowest BCUT2D eigenvalue weighted by Gasteiger charge is -2.32. The first-order chi connectivity index (χ1) is 10.6. The zero-order valence-corrected chi connectivity index (χ0v) is 14.3. The number of rotatable bonds is 3. The average molecular weight is 337 g/mol. The number of nitrogens with zero attached hydrogens (tertiary/aromatic N) is 2. The fourth-order valence-electron chi connectivity index (χ4n) is 2.35. The van der Waals surface area contributed by atoms with Gasteiger partial charge in [0.1, 0.15) is 11.1 Å². The maximum absolute atomic E-state index is 12.3. The predicted octanol–water partition coefficient (Wildman–Crippen LogP) is 3.10. The van der Waals surface area contributed by atoms with Crippen LogP contribution in [-0.2, 0) is 11.3 Å². The molecule has 0 spiro atoms. The van der Waals surface area contributed by atoms with Gasteiger partial charge in [0.05, 0.1) is 13.2 Å². The Labute approximate surface area is 137 Å². The van der Waals surface area contributed by atoms with Gasteiger partial charge >= 0.3 is 6.03 Å². The highest BCUT2D eigenvalue weighted by Crippen LogP contribution is 2.25. The number of urea groups is 1. The molecular weight excluding hydrogens is 318 g/mol. The second-order valence-electron chi connectivity index (χ2n) is 5.37. The first-order valence-electron chi connectivity index (χ1n) is 7.21. The van der Waals surface area contributed by atoms with Crippen LogP contribution >= 0.6 is 22.7 Å². The first-order valence-corrected chi connectivity index (χ1v) is 9.04. The summed E-state index contributed by atoms with van der Waals surface area (Å²) in [7, 11) is 0. The van der Waals surface area contributed by atoms with Crippen molar-refractivity contribution in [3.63, 3.8) is 0 Å². The van der Waals surface area contributed by atoms with E-state index in [1.165, 1.54) is 11.1 Å². The Balaban J connectivity index is 1.57. The van der Waals surface area contributed by atoms with E-state index in [2.05, 4.69) is 28.0 Å². The van der Waals surface area contributed by atoms with Crippen LogP contribution in [0.1, 0.15) is 27.9 Å². The van der Waals surface area contributed by atoms with Gasteiger partial charge in [-0.1, -0.05) is 0 Å². The van der Waals surface area contributed by atoms with Crippen molar-refractivity contribution in [3.8, 4) is 0 Å². The molecule has 0 aliphatic carbocycles. The molecule has 1 fully saturated rings. The molecule has 1 aliphatic heterocycles. The second kappa shape index (κ2) is 6.76. The molecule has 0 aromatic carbocycles. The van der Waals surface area contributed by atoms with E-state index in [1.54, 1.807) is 22.7 Å². The zero-order chi connectivity index (χ0) is 15.5. The Morgan fingerprint density at radius 3 is 3.00 bits per heavy atom. The third-order valence-corrected chi connectivity index (χ3v) is 5.62. The van der Waals surface area contributed by atoms with Gasteiger partial charge in [-0.25, -0.2) is 9.78 Å². The Kier molecular flexibility index (Phi) is 4.75. The zero-order valence-electron chi connectivity index (χ0n) is 12.7. The lowest BCUT2D eigenvalue weighted by Crippen LogP contribution is -2.46. The van der Waals surface area contributed by atoms with E-state index in [4.69, 9.17) is 4.74 Å². The number of ether oxygens (including phenoxy) is 1. The molecule has 2 aromatic heterocycles. The molecule has 118 valence electrons. The third kappa shape index (κ3) is 3.48. The van der Waals surface area contributed by atoms with Crippen LogP contribution < -0.4 is 5.32 Å². The highest BCUT2D eigenvalue weighted by molar-refractivity contribution is 7.09. The number of aromatic nitrogens is 1. The average Bonchev–Trinajstić information content (AvgIpc) is 3.13. The largest absolute Gasteiger partial charge is 0.367 e. The number of aryl methyl sites for hydroxylation is 2. The van der Waals surface area contributed by atoms with Gasteiger partial charge in [0.25, 0.3) is 0 Å². The summed E-state index contributed by atoms with van der Waals surface area (Å²) >= 11 is 3.25. The van der Waals surface area contributed by atoms with E-state index < -0.39 is 0 Å². The van der Waals surface area contributed by atoms with Gasteiger partial charge in [-0.05, 0) is 35.7 Å². The van der Waals surface area contributed by atoms with Crippen LogP contribution in [0.4, 0.5) is 4.79 Å². The van der Waals surface area contributed by atoms with Gasteiger partial charge in [-0.3, -0.25) is 0 Å². The normalized spacial score (nSPS) is 18.5. The van der Waals surface area contributed by atoms with Crippen molar-refractivity contribution in [1.29, 1.82) is 0 Å². The minimum absolute atomic E-state index is 0.0350. The van der Waals surface area contributed by atoms with Crippen molar-refractivity contribution in [1.82, 2.24) is 15.2 Å². The number of carbonyl (C=O) groups is 1. The Bertz CT molecular complexity index is 653. The van der Waals surface area contributed by atoms with Crippen molar-refractivity contribution in [2.45, 2.75) is 26.5 Å². The van der Waals surface area contributed by atoms with Crippen molar-refractivity contribution in [2.24, 2.45) is 0 Å². The van der Waals surface area contributed by atoms with Crippen LogP contribution in [-0.4, -0.2) is 35.6 Å². The number of hydrogen-bond donors (Lipinski definition) is 1. The molecule has 2 amide bonds. The summed E-state index contributed by atoms with van der Waals surface area (Å²) in [5.41, 5.74) is 3.40. The minimum Gasteiger partial charge on any atom is -0.367 e. The summed E-state index contributed by atoms with van der Waals surface area (Å²) in [5.74, 6) is 0. The molecule has 0 unspecified atom stereocenters. The number of nitrogens with one attached hydrogen (secondary N) is 1. The molecule has 0 bridgehead atoms. The lowest BCUT2D eigenvalue weighted by atomic mass is 10.2. The van der Waals surface area contributed by atoms with Crippen molar-refractivity contribution in [2.75, 3.05) is 19.7 Å². The van der Waals surface area contributed by atoms with E-state index in [1.807, 2.05) is 17.2 Å². The van der Waals surface area contributed by atoms with Gasteiger partial charge in [0.15, 0.2) is 0 Å². The molecule has 7 heteroatoms. The maximum atomic E-state index is 12.3. The summed E-state index contributed by atoms with van der Waals surface area (Å²) in [6.45, 7) is 6.33. The molecular formula is C15H19N3O2S2. The summed E-state index contributed by atoms with van der Waals surface area (Å²) in [5, 5.41) is 10.1. The Morgan fingerprint density at radius 1 is 1.45 bits per heavy atom. The molecule has 1 atom stereocenters. The highest BCUT2D eigenvalue weighted by Gasteiger charge is 2.27. The van der Waals surface area contributed by atoms with E-state index in [-0.39, 0.29) is 12.1 Å². The number of hydrogen-bond acceptors (Lipinski definition) is 5. The van der Waals surface area contributed by atoms with Crippen LogP contribution in [0, 0.1) is 13.8 Å². The van der Waals surface area contributed by atoms with Gasteiger partial charge in [-0.2, -0.15) is 11.3 Å². The quantitative estimate of drug-likeness (QED) is 0.936. The molecule has 1 aliphatic rings. The molecule has 2 aromatic rings. The van der Waals surface area contributed by atoms with Gasteiger partial charge < -0.3 is 15.0 Å². The van der Waals surface area contributed by atoms with Gasteiger partial charge in [-0.15, -0.1) is 11.3 Å².